The summed E-state index contributed by atoms with van der Waals surface area (Å²) in [6.07, 6.45) is 4.98. The molecule has 0 bridgehead atoms. The molecule has 0 spiro atoms. The number of hydrogen-bond donors (Lipinski definition) is 2. The first-order valence-corrected chi connectivity index (χ1v) is 7.67. The molecule has 1 aromatic rings. The van der Waals surface area contributed by atoms with Crippen molar-refractivity contribution in [2.75, 3.05) is 18.5 Å². The van der Waals surface area contributed by atoms with E-state index in [-0.39, 0.29) is 5.84 Å². The van der Waals surface area contributed by atoms with Gasteiger partial charge in [-0.25, -0.2) is 0 Å². The molecule has 6 heteroatoms. The summed E-state index contributed by atoms with van der Waals surface area (Å²) in [6.45, 7) is 7.13. The summed E-state index contributed by atoms with van der Waals surface area (Å²) in [7, 11) is 1.97. The van der Waals surface area contributed by atoms with E-state index in [0.29, 0.717) is 11.4 Å². The van der Waals surface area contributed by atoms with E-state index in [1.54, 1.807) is 0 Å². The molecule has 0 saturated heterocycles. The normalized spacial score (nSPS) is 11.7. The number of aromatic nitrogens is 2. The summed E-state index contributed by atoms with van der Waals surface area (Å²) in [4.78, 5) is 2.04. The fraction of sp³-hybridized carbons (Fsp3) is 0.667. The maximum Gasteiger partial charge on any atom is 0.174 e. The number of anilines is 1. The van der Waals surface area contributed by atoms with Crippen LogP contribution in [0.1, 0.15) is 56.9 Å². The van der Waals surface area contributed by atoms with Gasteiger partial charge in [-0.3, -0.25) is 0 Å². The van der Waals surface area contributed by atoms with Gasteiger partial charge in [-0.2, -0.15) is 5.10 Å². The second kappa shape index (κ2) is 8.44. The third-order valence-electron chi connectivity index (χ3n) is 3.65. The quantitative estimate of drug-likeness (QED) is 0.252. The number of oxime groups is 1. The Hall–Kier alpha value is -1.85. The predicted molar refractivity (Wildman–Crippen MR) is 86.1 cm³/mol. The molecule has 0 aromatic carbocycles. The Morgan fingerprint density at radius 3 is 2.43 bits per heavy atom. The molecule has 3 N–H and O–H groups in total. The zero-order chi connectivity index (χ0) is 15.8. The lowest BCUT2D eigenvalue weighted by atomic mass is 10.0. The van der Waals surface area contributed by atoms with Crippen LogP contribution in [-0.4, -0.2) is 34.8 Å². The monoisotopic (exact) mass is 293 g/mol. The molecule has 1 aromatic heterocycles. The second-order valence-electron chi connectivity index (χ2n) is 5.14. The van der Waals surface area contributed by atoms with Crippen molar-refractivity contribution < 1.29 is 5.21 Å². The van der Waals surface area contributed by atoms with Crippen molar-refractivity contribution in [3.05, 3.63) is 16.8 Å². The molecule has 0 atom stereocenters. The van der Waals surface area contributed by atoms with Crippen LogP contribution in [0.3, 0.4) is 0 Å². The van der Waals surface area contributed by atoms with Gasteiger partial charge in [0, 0.05) is 13.6 Å². The number of hydrogen-bond acceptors (Lipinski definition) is 5. The minimum absolute atomic E-state index is 0.105. The topological polar surface area (TPSA) is 87.6 Å². The molecule has 0 saturated carbocycles. The van der Waals surface area contributed by atoms with Crippen molar-refractivity contribution in [3.8, 4) is 0 Å². The number of nitrogens with two attached hydrogens (primary N) is 1. The summed E-state index contributed by atoms with van der Waals surface area (Å²) in [5, 5.41) is 20.9. The third-order valence-corrected chi connectivity index (χ3v) is 3.65. The maximum atomic E-state index is 9.09. The largest absolute Gasteiger partial charge is 0.409 e. The van der Waals surface area contributed by atoms with Crippen molar-refractivity contribution in [1.82, 2.24) is 10.2 Å². The fourth-order valence-electron chi connectivity index (χ4n) is 2.45. The maximum absolute atomic E-state index is 9.09. The van der Waals surface area contributed by atoms with E-state index < -0.39 is 0 Å². The Balaban J connectivity index is 3.24. The smallest absolute Gasteiger partial charge is 0.174 e. The zero-order valence-corrected chi connectivity index (χ0v) is 13.6. The Kier molecular flexibility index (Phi) is 6.91. The summed E-state index contributed by atoms with van der Waals surface area (Å²) >= 11 is 0. The van der Waals surface area contributed by atoms with Crippen LogP contribution in [0.2, 0.25) is 0 Å². The van der Waals surface area contributed by atoms with Gasteiger partial charge in [0.1, 0.15) is 0 Å². The van der Waals surface area contributed by atoms with Crippen molar-refractivity contribution in [2.24, 2.45) is 10.9 Å². The van der Waals surface area contributed by atoms with E-state index in [1.807, 2.05) is 25.8 Å². The van der Waals surface area contributed by atoms with Crippen LogP contribution in [0.25, 0.3) is 0 Å². The third kappa shape index (κ3) is 4.06. The first kappa shape index (κ1) is 17.2. The van der Waals surface area contributed by atoms with Crippen LogP contribution < -0.4 is 10.6 Å². The number of aryl methyl sites for hydroxylation is 1. The number of amidine groups is 1. The van der Waals surface area contributed by atoms with E-state index in [9.17, 15) is 0 Å². The summed E-state index contributed by atoms with van der Waals surface area (Å²) < 4.78 is 0. The highest BCUT2D eigenvalue weighted by Gasteiger charge is 2.20. The average molecular weight is 293 g/mol. The molecule has 1 heterocycles. The number of nitrogens with zero attached hydrogens (tertiary/aromatic N) is 4. The molecule has 0 aliphatic heterocycles. The molecule has 6 nitrogen and oxygen atoms in total. The summed E-state index contributed by atoms with van der Waals surface area (Å²) in [5.74, 6) is 0.796. The average Bonchev–Trinajstić information content (AvgIpc) is 2.52. The molecule has 0 fully saturated rings. The zero-order valence-electron chi connectivity index (χ0n) is 13.6. The molecule has 0 aliphatic rings. The van der Waals surface area contributed by atoms with Crippen LogP contribution in [-0.2, 0) is 12.8 Å². The second-order valence-corrected chi connectivity index (χ2v) is 5.14. The molecular weight excluding hydrogens is 266 g/mol. The number of unbranched alkanes of at least 4 members (excludes halogenated alkanes) is 2. The molecule has 0 aliphatic carbocycles. The van der Waals surface area contributed by atoms with E-state index in [2.05, 4.69) is 22.3 Å². The Morgan fingerprint density at radius 2 is 1.90 bits per heavy atom. The Bertz CT molecular complexity index is 487. The standard InChI is InChI=1S/C15H27N5O/c1-5-8-9-10-20(4)15-13(14(16)19-21)11(6-2)12(7-3)17-18-15/h21H,5-10H2,1-4H3,(H2,16,19). The summed E-state index contributed by atoms with van der Waals surface area (Å²) in [6, 6.07) is 0. The van der Waals surface area contributed by atoms with Gasteiger partial charge in [0.15, 0.2) is 11.7 Å². The van der Waals surface area contributed by atoms with Crippen LogP contribution in [0.4, 0.5) is 5.82 Å². The number of rotatable bonds is 8. The lowest BCUT2D eigenvalue weighted by molar-refractivity contribution is 0.318. The Labute approximate surface area is 127 Å². The highest BCUT2D eigenvalue weighted by Crippen LogP contribution is 2.23. The van der Waals surface area contributed by atoms with Gasteiger partial charge in [-0.1, -0.05) is 38.8 Å². The first-order valence-electron chi connectivity index (χ1n) is 7.67. The van der Waals surface area contributed by atoms with Gasteiger partial charge >= 0.3 is 0 Å². The van der Waals surface area contributed by atoms with Crippen LogP contribution in [0.15, 0.2) is 5.16 Å². The van der Waals surface area contributed by atoms with Crippen molar-refractivity contribution >= 4 is 11.7 Å². The van der Waals surface area contributed by atoms with E-state index in [0.717, 1.165) is 37.1 Å². The lowest BCUT2D eigenvalue weighted by Gasteiger charge is -2.22. The highest BCUT2D eigenvalue weighted by molar-refractivity contribution is 6.02. The molecular formula is C15H27N5O. The van der Waals surface area contributed by atoms with E-state index >= 15 is 0 Å². The fourth-order valence-corrected chi connectivity index (χ4v) is 2.45. The van der Waals surface area contributed by atoms with E-state index in [1.165, 1.54) is 12.8 Å². The van der Waals surface area contributed by atoms with Gasteiger partial charge in [0.25, 0.3) is 0 Å². The minimum atomic E-state index is 0.105. The molecule has 1 rings (SSSR count). The molecule has 21 heavy (non-hydrogen) atoms. The van der Waals surface area contributed by atoms with Crippen LogP contribution >= 0.6 is 0 Å². The van der Waals surface area contributed by atoms with Gasteiger partial charge in [0.05, 0.1) is 11.3 Å². The van der Waals surface area contributed by atoms with Crippen molar-refractivity contribution in [2.45, 2.75) is 52.9 Å². The van der Waals surface area contributed by atoms with Gasteiger partial charge in [-0.05, 0) is 24.8 Å². The molecule has 0 radical (unpaired) electrons. The van der Waals surface area contributed by atoms with Crippen molar-refractivity contribution in [3.63, 3.8) is 0 Å². The SMILES string of the molecule is CCCCCN(C)c1nnc(CC)c(CC)c1C(N)=NO. The Morgan fingerprint density at radius 1 is 1.19 bits per heavy atom. The molecule has 0 amide bonds. The molecule has 118 valence electrons. The highest BCUT2D eigenvalue weighted by atomic mass is 16.4. The summed E-state index contributed by atoms with van der Waals surface area (Å²) in [5.41, 5.74) is 8.53. The van der Waals surface area contributed by atoms with Crippen LogP contribution in [0.5, 0.6) is 0 Å². The first-order chi connectivity index (χ1) is 10.1. The lowest BCUT2D eigenvalue weighted by Crippen LogP contribution is -2.27. The van der Waals surface area contributed by atoms with E-state index in [4.69, 9.17) is 10.9 Å². The van der Waals surface area contributed by atoms with Crippen molar-refractivity contribution in [1.29, 1.82) is 0 Å². The van der Waals surface area contributed by atoms with Crippen LogP contribution in [0, 0.1) is 0 Å². The van der Waals surface area contributed by atoms with Gasteiger partial charge in [-0.15, -0.1) is 5.10 Å². The predicted octanol–water partition coefficient (Wildman–Crippen LogP) is 2.32. The van der Waals surface area contributed by atoms with Gasteiger partial charge < -0.3 is 15.8 Å². The van der Waals surface area contributed by atoms with Gasteiger partial charge in [0.2, 0.25) is 0 Å². The minimum Gasteiger partial charge on any atom is -0.409 e. The molecule has 0 unspecified atom stereocenters.